The van der Waals surface area contributed by atoms with Crippen LogP contribution in [0.15, 0.2) is 24.7 Å². The van der Waals surface area contributed by atoms with Crippen molar-refractivity contribution in [3.8, 4) is 5.75 Å². The summed E-state index contributed by atoms with van der Waals surface area (Å²) in [5.74, 6) is 0.486. The molecule has 3 rings (SSSR count). The molecule has 1 aliphatic heterocycles. The number of rotatable bonds is 4. The van der Waals surface area contributed by atoms with Crippen LogP contribution in [0.2, 0.25) is 0 Å². The number of hydrogen-bond donors (Lipinski definition) is 3. The average Bonchev–Trinajstić information content (AvgIpc) is 3.13. The summed E-state index contributed by atoms with van der Waals surface area (Å²) in [6, 6.07) is 1.68. The van der Waals surface area contributed by atoms with Crippen molar-refractivity contribution in [3.63, 3.8) is 0 Å². The van der Waals surface area contributed by atoms with Crippen molar-refractivity contribution in [2.24, 2.45) is 0 Å². The minimum atomic E-state index is -0.216. The zero-order valence-electron chi connectivity index (χ0n) is 11.1. The Kier molecular flexibility index (Phi) is 3.42. The highest BCUT2D eigenvalue weighted by Gasteiger charge is 2.32. The number of aryl methyl sites for hydroxylation is 1. The normalized spacial score (nSPS) is 21.9. The fourth-order valence-electron chi connectivity index (χ4n) is 2.20. The summed E-state index contributed by atoms with van der Waals surface area (Å²) in [7, 11) is 0. The second-order valence-corrected chi connectivity index (χ2v) is 4.74. The van der Waals surface area contributed by atoms with Crippen LogP contribution in [0.5, 0.6) is 5.75 Å². The molecule has 1 fully saturated rings. The molecule has 2 aromatic rings. The van der Waals surface area contributed by atoms with E-state index < -0.39 is 0 Å². The highest BCUT2D eigenvalue weighted by molar-refractivity contribution is 5.94. The standard InChI is InChI=1S/C13H16N4O3/c1-8-2-3-14-12(8)13(18)17-10-6-19-7-11(10)20-9-4-15-16-5-9/h2-5,10-11,14H,6-7H2,1H3,(H,15,16)(H,17,18)/t10-,11+/m0/s1. The van der Waals surface area contributed by atoms with E-state index in [0.717, 1.165) is 5.56 Å². The predicted molar refractivity (Wildman–Crippen MR) is 70.6 cm³/mol. The maximum Gasteiger partial charge on any atom is 0.268 e. The highest BCUT2D eigenvalue weighted by atomic mass is 16.5. The largest absolute Gasteiger partial charge is 0.482 e. The molecule has 20 heavy (non-hydrogen) atoms. The SMILES string of the molecule is Cc1cc[nH]c1C(=O)N[C@H]1COC[C@H]1Oc1cn[nH]c1. The maximum atomic E-state index is 12.2. The van der Waals surface area contributed by atoms with Crippen LogP contribution in [0.4, 0.5) is 0 Å². The Labute approximate surface area is 115 Å². The van der Waals surface area contributed by atoms with E-state index in [9.17, 15) is 4.79 Å². The third kappa shape index (κ3) is 2.53. The molecule has 0 aliphatic carbocycles. The number of amides is 1. The van der Waals surface area contributed by atoms with Crippen molar-refractivity contribution in [2.45, 2.75) is 19.1 Å². The van der Waals surface area contributed by atoms with Crippen LogP contribution >= 0.6 is 0 Å². The molecule has 3 heterocycles. The second-order valence-electron chi connectivity index (χ2n) is 4.74. The van der Waals surface area contributed by atoms with Crippen LogP contribution in [-0.4, -0.2) is 46.4 Å². The molecule has 0 saturated carbocycles. The number of H-pyrrole nitrogens is 2. The second kappa shape index (κ2) is 5.38. The third-order valence-corrected chi connectivity index (χ3v) is 3.29. The molecule has 0 aromatic carbocycles. The topological polar surface area (TPSA) is 92.0 Å². The number of nitrogens with zero attached hydrogens (tertiary/aromatic N) is 1. The van der Waals surface area contributed by atoms with Crippen LogP contribution in [0.25, 0.3) is 0 Å². The van der Waals surface area contributed by atoms with Crippen LogP contribution in [0.1, 0.15) is 16.1 Å². The van der Waals surface area contributed by atoms with Gasteiger partial charge < -0.3 is 19.8 Å². The Balaban J connectivity index is 1.64. The molecule has 0 bridgehead atoms. The number of aromatic amines is 2. The number of carbonyl (C=O) groups excluding carboxylic acids is 1. The summed E-state index contributed by atoms with van der Waals surface area (Å²) >= 11 is 0. The van der Waals surface area contributed by atoms with E-state index >= 15 is 0 Å². The van der Waals surface area contributed by atoms with Gasteiger partial charge in [-0.3, -0.25) is 9.89 Å². The van der Waals surface area contributed by atoms with E-state index in [1.165, 1.54) is 0 Å². The summed E-state index contributed by atoms with van der Waals surface area (Å²) in [5, 5.41) is 9.43. The van der Waals surface area contributed by atoms with Crippen molar-refractivity contribution >= 4 is 5.91 Å². The minimum absolute atomic E-state index is 0.149. The molecule has 106 valence electrons. The molecular weight excluding hydrogens is 260 g/mol. The van der Waals surface area contributed by atoms with Crippen molar-refractivity contribution in [3.05, 3.63) is 35.9 Å². The van der Waals surface area contributed by atoms with Crippen LogP contribution in [-0.2, 0) is 4.74 Å². The Bertz CT molecular complexity index is 578. The van der Waals surface area contributed by atoms with Crippen molar-refractivity contribution in [1.29, 1.82) is 0 Å². The van der Waals surface area contributed by atoms with E-state index in [1.54, 1.807) is 18.6 Å². The summed E-state index contributed by atoms with van der Waals surface area (Å²) in [5.41, 5.74) is 1.48. The van der Waals surface area contributed by atoms with Crippen molar-refractivity contribution < 1.29 is 14.3 Å². The van der Waals surface area contributed by atoms with E-state index in [4.69, 9.17) is 9.47 Å². The molecule has 1 aliphatic rings. The lowest BCUT2D eigenvalue weighted by molar-refractivity contribution is 0.0899. The van der Waals surface area contributed by atoms with Gasteiger partial charge in [-0.1, -0.05) is 0 Å². The summed E-state index contributed by atoms with van der Waals surface area (Å²) in [6.45, 7) is 2.77. The Morgan fingerprint density at radius 2 is 2.45 bits per heavy atom. The monoisotopic (exact) mass is 276 g/mol. The molecule has 0 unspecified atom stereocenters. The quantitative estimate of drug-likeness (QED) is 0.763. The lowest BCUT2D eigenvalue weighted by Crippen LogP contribution is -2.45. The first-order chi connectivity index (χ1) is 9.74. The van der Waals surface area contributed by atoms with Crippen molar-refractivity contribution in [1.82, 2.24) is 20.5 Å². The Morgan fingerprint density at radius 3 is 3.15 bits per heavy atom. The predicted octanol–water partition coefficient (Wildman–Crippen LogP) is 0.622. The molecule has 1 saturated heterocycles. The smallest absolute Gasteiger partial charge is 0.268 e. The van der Waals surface area contributed by atoms with Gasteiger partial charge in [-0.25, -0.2) is 0 Å². The van der Waals surface area contributed by atoms with Crippen LogP contribution in [0.3, 0.4) is 0 Å². The van der Waals surface area contributed by atoms with Gasteiger partial charge in [-0.15, -0.1) is 0 Å². The number of ether oxygens (including phenoxy) is 2. The molecule has 2 atom stereocenters. The molecule has 7 nitrogen and oxygen atoms in total. The van der Waals surface area contributed by atoms with E-state index in [2.05, 4.69) is 20.5 Å². The Morgan fingerprint density at radius 1 is 1.55 bits per heavy atom. The van der Waals surface area contributed by atoms with Gasteiger partial charge in [-0.2, -0.15) is 5.10 Å². The van der Waals surface area contributed by atoms with E-state index in [0.29, 0.717) is 24.7 Å². The first-order valence-corrected chi connectivity index (χ1v) is 6.42. The zero-order valence-corrected chi connectivity index (χ0v) is 11.1. The zero-order chi connectivity index (χ0) is 13.9. The van der Waals surface area contributed by atoms with Gasteiger partial charge in [0, 0.05) is 6.20 Å². The van der Waals surface area contributed by atoms with Gasteiger partial charge in [-0.05, 0) is 18.6 Å². The van der Waals surface area contributed by atoms with Gasteiger partial charge in [0.05, 0.1) is 31.6 Å². The first-order valence-electron chi connectivity index (χ1n) is 6.42. The van der Waals surface area contributed by atoms with Gasteiger partial charge in [0.1, 0.15) is 11.8 Å². The molecular formula is C13H16N4O3. The summed E-state index contributed by atoms with van der Waals surface area (Å²) < 4.78 is 11.1. The molecule has 7 heteroatoms. The fourth-order valence-corrected chi connectivity index (χ4v) is 2.20. The van der Waals surface area contributed by atoms with Gasteiger partial charge in [0.25, 0.3) is 5.91 Å². The number of nitrogens with one attached hydrogen (secondary N) is 3. The molecule has 0 radical (unpaired) electrons. The van der Waals surface area contributed by atoms with Gasteiger partial charge in [0.2, 0.25) is 0 Å². The van der Waals surface area contributed by atoms with E-state index in [1.807, 2.05) is 13.0 Å². The maximum absolute atomic E-state index is 12.2. The van der Waals surface area contributed by atoms with Crippen LogP contribution in [0, 0.1) is 6.92 Å². The summed E-state index contributed by atoms with van der Waals surface area (Å²) in [4.78, 5) is 15.1. The molecule has 2 aromatic heterocycles. The lowest BCUT2D eigenvalue weighted by Gasteiger charge is -2.19. The molecule has 3 N–H and O–H groups in total. The minimum Gasteiger partial charge on any atom is -0.482 e. The van der Waals surface area contributed by atoms with Crippen molar-refractivity contribution in [2.75, 3.05) is 13.2 Å². The number of hydrogen-bond acceptors (Lipinski definition) is 4. The first kappa shape index (κ1) is 12.7. The van der Waals surface area contributed by atoms with Gasteiger partial charge in [0.15, 0.2) is 5.75 Å². The Hall–Kier alpha value is -2.28. The van der Waals surface area contributed by atoms with Gasteiger partial charge >= 0.3 is 0 Å². The summed E-state index contributed by atoms with van der Waals surface area (Å²) in [6.07, 6.45) is 4.78. The highest BCUT2D eigenvalue weighted by Crippen LogP contribution is 2.16. The fraction of sp³-hybridized carbons (Fsp3) is 0.385. The lowest BCUT2D eigenvalue weighted by atomic mass is 10.2. The number of carbonyl (C=O) groups is 1. The molecule has 0 spiro atoms. The van der Waals surface area contributed by atoms with E-state index in [-0.39, 0.29) is 18.1 Å². The number of aromatic nitrogens is 3. The van der Waals surface area contributed by atoms with Crippen LogP contribution < -0.4 is 10.1 Å². The molecule has 1 amide bonds. The average molecular weight is 276 g/mol. The third-order valence-electron chi connectivity index (χ3n) is 3.29.